The minimum Gasteiger partial charge on any atom is -0.311 e. The van der Waals surface area contributed by atoms with Crippen LogP contribution in [0.1, 0.15) is 37.5 Å². The number of hydrogen-bond acceptors (Lipinski definition) is 2. The first-order chi connectivity index (χ1) is 9.75. The molecule has 2 aromatic rings. The summed E-state index contributed by atoms with van der Waals surface area (Å²) in [5.41, 5.74) is 1.87. The van der Waals surface area contributed by atoms with Crippen molar-refractivity contribution in [1.82, 2.24) is 5.32 Å². The predicted octanol–water partition coefficient (Wildman–Crippen LogP) is 5.09. The first kappa shape index (κ1) is 13.8. The van der Waals surface area contributed by atoms with E-state index in [0.29, 0.717) is 5.41 Å². The predicted molar refractivity (Wildman–Crippen MR) is 88.0 cm³/mol. The molecule has 106 valence electrons. The van der Waals surface area contributed by atoms with Crippen molar-refractivity contribution in [3.63, 3.8) is 0 Å². The van der Waals surface area contributed by atoms with E-state index in [1.807, 2.05) is 11.3 Å². The first-order valence-corrected chi connectivity index (χ1v) is 8.42. The maximum absolute atomic E-state index is 3.66. The SMILES string of the molecule is CC1(CNCc2ccc(-c3ccccc3)s2)CCCC1. The second-order valence-electron chi connectivity index (χ2n) is 6.25. The molecule has 1 N–H and O–H groups in total. The monoisotopic (exact) mass is 285 g/mol. The van der Waals surface area contributed by atoms with Crippen LogP contribution < -0.4 is 5.32 Å². The van der Waals surface area contributed by atoms with Gasteiger partial charge >= 0.3 is 0 Å². The topological polar surface area (TPSA) is 12.0 Å². The number of benzene rings is 1. The van der Waals surface area contributed by atoms with Gasteiger partial charge in [-0.05, 0) is 36.0 Å². The second-order valence-corrected chi connectivity index (χ2v) is 7.42. The Morgan fingerprint density at radius 3 is 2.55 bits per heavy atom. The maximum atomic E-state index is 3.66. The van der Waals surface area contributed by atoms with Crippen molar-refractivity contribution in [3.05, 3.63) is 47.3 Å². The van der Waals surface area contributed by atoms with Crippen LogP contribution in [0.15, 0.2) is 42.5 Å². The molecule has 1 aromatic heterocycles. The van der Waals surface area contributed by atoms with Gasteiger partial charge in [-0.25, -0.2) is 0 Å². The summed E-state index contributed by atoms with van der Waals surface area (Å²) in [7, 11) is 0. The summed E-state index contributed by atoms with van der Waals surface area (Å²) < 4.78 is 0. The fourth-order valence-corrected chi connectivity index (χ4v) is 4.11. The molecule has 0 amide bonds. The highest BCUT2D eigenvalue weighted by molar-refractivity contribution is 7.15. The van der Waals surface area contributed by atoms with E-state index in [9.17, 15) is 0 Å². The summed E-state index contributed by atoms with van der Waals surface area (Å²) in [6.07, 6.45) is 5.60. The van der Waals surface area contributed by atoms with Gasteiger partial charge in [-0.2, -0.15) is 0 Å². The van der Waals surface area contributed by atoms with E-state index in [1.54, 1.807) is 0 Å². The minimum absolute atomic E-state index is 0.541. The minimum atomic E-state index is 0.541. The van der Waals surface area contributed by atoms with Crippen LogP contribution in [-0.4, -0.2) is 6.54 Å². The molecule has 1 nitrogen and oxygen atoms in total. The Balaban J connectivity index is 1.55. The Kier molecular flexibility index (Phi) is 4.23. The van der Waals surface area contributed by atoms with Crippen molar-refractivity contribution >= 4 is 11.3 Å². The smallest absolute Gasteiger partial charge is 0.0346 e. The van der Waals surface area contributed by atoms with E-state index in [4.69, 9.17) is 0 Å². The van der Waals surface area contributed by atoms with E-state index >= 15 is 0 Å². The molecular weight excluding hydrogens is 262 g/mol. The highest BCUT2D eigenvalue weighted by atomic mass is 32.1. The van der Waals surface area contributed by atoms with Crippen LogP contribution in [0.3, 0.4) is 0 Å². The lowest BCUT2D eigenvalue weighted by Crippen LogP contribution is -2.28. The molecule has 0 bridgehead atoms. The lowest BCUT2D eigenvalue weighted by atomic mass is 9.89. The Labute approximate surface area is 126 Å². The summed E-state index contributed by atoms with van der Waals surface area (Å²) in [4.78, 5) is 2.81. The normalized spacial score (nSPS) is 17.4. The van der Waals surface area contributed by atoms with Crippen LogP contribution in [0, 0.1) is 5.41 Å². The number of thiophene rings is 1. The fourth-order valence-electron chi connectivity index (χ4n) is 3.12. The molecule has 0 radical (unpaired) electrons. The zero-order valence-corrected chi connectivity index (χ0v) is 13.0. The van der Waals surface area contributed by atoms with Crippen LogP contribution in [0.25, 0.3) is 10.4 Å². The van der Waals surface area contributed by atoms with Gasteiger partial charge in [0.15, 0.2) is 0 Å². The summed E-state index contributed by atoms with van der Waals surface area (Å²) in [5.74, 6) is 0. The fraction of sp³-hybridized carbons (Fsp3) is 0.444. The molecule has 1 aliphatic carbocycles. The van der Waals surface area contributed by atoms with Crippen LogP contribution in [-0.2, 0) is 6.54 Å². The first-order valence-electron chi connectivity index (χ1n) is 7.60. The van der Waals surface area contributed by atoms with Crippen molar-refractivity contribution in [2.45, 2.75) is 39.2 Å². The van der Waals surface area contributed by atoms with E-state index in [0.717, 1.165) is 13.1 Å². The Morgan fingerprint density at radius 1 is 1.05 bits per heavy atom. The molecule has 0 saturated heterocycles. The van der Waals surface area contributed by atoms with Gasteiger partial charge in [0, 0.05) is 22.8 Å². The quantitative estimate of drug-likeness (QED) is 0.807. The molecule has 0 unspecified atom stereocenters. The van der Waals surface area contributed by atoms with Crippen LogP contribution in [0.5, 0.6) is 0 Å². The summed E-state index contributed by atoms with van der Waals surface area (Å²) in [5, 5.41) is 3.66. The van der Waals surface area contributed by atoms with Gasteiger partial charge in [-0.3, -0.25) is 0 Å². The van der Waals surface area contributed by atoms with E-state index in [2.05, 4.69) is 54.7 Å². The van der Waals surface area contributed by atoms with Gasteiger partial charge in [0.25, 0.3) is 0 Å². The zero-order valence-electron chi connectivity index (χ0n) is 12.2. The van der Waals surface area contributed by atoms with E-state index < -0.39 is 0 Å². The molecule has 2 heteroatoms. The molecule has 1 saturated carbocycles. The molecule has 0 spiro atoms. The lowest BCUT2D eigenvalue weighted by molar-refractivity contribution is 0.315. The molecule has 0 atom stereocenters. The largest absolute Gasteiger partial charge is 0.311 e. The molecule has 1 aliphatic rings. The highest BCUT2D eigenvalue weighted by Crippen LogP contribution is 2.36. The number of nitrogens with one attached hydrogen (secondary N) is 1. The highest BCUT2D eigenvalue weighted by Gasteiger charge is 2.27. The van der Waals surface area contributed by atoms with Gasteiger partial charge in [-0.1, -0.05) is 50.1 Å². The Morgan fingerprint density at radius 2 is 1.80 bits per heavy atom. The van der Waals surface area contributed by atoms with Gasteiger partial charge in [0.2, 0.25) is 0 Å². The second kappa shape index (κ2) is 6.11. The molecule has 1 heterocycles. The lowest BCUT2D eigenvalue weighted by Gasteiger charge is -2.23. The zero-order chi connectivity index (χ0) is 13.8. The van der Waals surface area contributed by atoms with Crippen molar-refractivity contribution in [2.75, 3.05) is 6.54 Å². The van der Waals surface area contributed by atoms with Gasteiger partial charge in [-0.15, -0.1) is 11.3 Å². The molecule has 1 fully saturated rings. The third-order valence-electron chi connectivity index (χ3n) is 4.38. The Bertz CT molecular complexity index is 538. The molecule has 1 aromatic carbocycles. The molecular formula is C18H23NS. The van der Waals surface area contributed by atoms with Gasteiger partial charge in [0.1, 0.15) is 0 Å². The van der Waals surface area contributed by atoms with Crippen molar-refractivity contribution in [2.24, 2.45) is 5.41 Å². The average Bonchev–Trinajstić information content (AvgIpc) is 3.10. The molecule has 0 aliphatic heterocycles. The summed E-state index contributed by atoms with van der Waals surface area (Å²) >= 11 is 1.90. The van der Waals surface area contributed by atoms with Gasteiger partial charge < -0.3 is 5.32 Å². The number of hydrogen-bond donors (Lipinski definition) is 1. The van der Waals surface area contributed by atoms with E-state index in [1.165, 1.54) is 41.0 Å². The molecule has 3 rings (SSSR count). The summed E-state index contributed by atoms with van der Waals surface area (Å²) in [6.45, 7) is 4.59. The van der Waals surface area contributed by atoms with Crippen molar-refractivity contribution in [3.8, 4) is 10.4 Å². The van der Waals surface area contributed by atoms with Crippen LogP contribution >= 0.6 is 11.3 Å². The van der Waals surface area contributed by atoms with Gasteiger partial charge in [0.05, 0.1) is 0 Å². The van der Waals surface area contributed by atoms with E-state index in [-0.39, 0.29) is 0 Å². The van der Waals surface area contributed by atoms with Crippen LogP contribution in [0.2, 0.25) is 0 Å². The maximum Gasteiger partial charge on any atom is 0.0346 e. The number of rotatable bonds is 5. The standard InChI is InChI=1S/C18H23NS/c1-18(11-5-6-12-18)14-19-13-16-9-10-17(20-16)15-7-3-2-4-8-15/h2-4,7-10,19H,5-6,11-14H2,1H3. The average molecular weight is 285 g/mol. The van der Waals surface area contributed by atoms with Crippen LogP contribution in [0.4, 0.5) is 0 Å². The third kappa shape index (κ3) is 3.31. The molecule has 20 heavy (non-hydrogen) atoms. The third-order valence-corrected chi connectivity index (χ3v) is 5.52. The van der Waals surface area contributed by atoms with Crippen molar-refractivity contribution < 1.29 is 0 Å². The van der Waals surface area contributed by atoms with Crippen molar-refractivity contribution in [1.29, 1.82) is 0 Å². The summed E-state index contributed by atoms with van der Waals surface area (Å²) in [6, 6.07) is 15.2. The Hall–Kier alpha value is -1.12.